The standard InChI is InChI=1S/C11H19F2NO2/c1-2-3-4-5-6-14-8-9-7-11(12,13)10(15)16-9/h9,14H,2-8H2,1H3. The zero-order valence-electron chi connectivity index (χ0n) is 9.60. The Balaban J connectivity index is 2.05. The Morgan fingerprint density at radius 1 is 1.44 bits per heavy atom. The van der Waals surface area contributed by atoms with Crippen molar-refractivity contribution in [2.75, 3.05) is 13.1 Å². The Kier molecular flexibility index (Phi) is 5.12. The average molecular weight is 235 g/mol. The number of cyclic esters (lactones) is 1. The second-order valence-corrected chi connectivity index (χ2v) is 4.20. The zero-order valence-corrected chi connectivity index (χ0v) is 9.60. The zero-order chi connectivity index (χ0) is 12.0. The smallest absolute Gasteiger partial charge is 0.377 e. The van der Waals surface area contributed by atoms with Gasteiger partial charge in [0.2, 0.25) is 0 Å². The first-order valence-corrected chi connectivity index (χ1v) is 5.86. The number of rotatable bonds is 7. The van der Waals surface area contributed by atoms with E-state index in [2.05, 4.69) is 17.0 Å². The summed E-state index contributed by atoms with van der Waals surface area (Å²) in [5.74, 6) is -4.67. The molecule has 94 valence electrons. The van der Waals surface area contributed by atoms with Gasteiger partial charge in [-0.15, -0.1) is 0 Å². The minimum Gasteiger partial charge on any atom is -0.456 e. The Hall–Kier alpha value is -0.710. The van der Waals surface area contributed by atoms with Gasteiger partial charge in [-0.2, -0.15) is 8.78 Å². The van der Waals surface area contributed by atoms with Crippen LogP contribution < -0.4 is 5.32 Å². The summed E-state index contributed by atoms with van der Waals surface area (Å²) in [5, 5.41) is 3.03. The highest BCUT2D eigenvalue weighted by Gasteiger charge is 2.50. The first-order chi connectivity index (χ1) is 7.56. The first-order valence-electron chi connectivity index (χ1n) is 5.86. The van der Waals surface area contributed by atoms with Gasteiger partial charge in [0.15, 0.2) is 0 Å². The number of esters is 1. The molecule has 1 heterocycles. The molecule has 16 heavy (non-hydrogen) atoms. The summed E-state index contributed by atoms with van der Waals surface area (Å²) in [5.41, 5.74) is 0. The molecule has 0 aliphatic carbocycles. The maximum Gasteiger partial charge on any atom is 0.377 e. The molecule has 1 N–H and O–H groups in total. The van der Waals surface area contributed by atoms with Crippen LogP contribution in [0.15, 0.2) is 0 Å². The lowest BCUT2D eigenvalue weighted by molar-refractivity contribution is -0.158. The molecule has 1 aliphatic heterocycles. The molecule has 0 spiro atoms. The molecule has 0 aromatic carbocycles. The van der Waals surface area contributed by atoms with Gasteiger partial charge in [-0.1, -0.05) is 26.2 Å². The molecule has 1 unspecified atom stereocenters. The highest BCUT2D eigenvalue weighted by Crippen LogP contribution is 2.30. The highest BCUT2D eigenvalue weighted by atomic mass is 19.3. The van der Waals surface area contributed by atoms with Gasteiger partial charge in [-0.25, -0.2) is 4.79 Å². The lowest BCUT2D eigenvalue weighted by Crippen LogP contribution is -2.27. The summed E-state index contributed by atoms with van der Waals surface area (Å²) in [7, 11) is 0. The third-order valence-corrected chi connectivity index (χ3v) is 2.64. The SMILES string of the molecule is CCCCCCNCC1CC(F)(F)C(=O)O1. The summed E-state index contributed by atoms with van der Waals surface area (Å²) in [6, 6.07) is 0. The predicted molar refractivity (Wildman–Crippen MR) is 56.5 cm³/mol. The van der Waals surface area contributed by atoms with Crippen LogP contribution in [0.3, 0.4) is 0 Å². The quantitative estimate of drug-likeness (QED) is 0.542. The van der Waals surface area contributed by atoms with Gasteiger partial charge in [-0.3, -0.25) is 0 Å². The minimum atomic E-state index is -3.28. The Bertz CT molecular complexity index is 234. The number of carbonyl (C=O) groups excluding carboxylic acids is 1. The number of hydrogen-bond acceptors (Lipinski definition) is 3. The normalized spacial score (nSPS) is 23.4. The van der Waals surface area contributed by atoms with Crippen LogP contribution in [0.4, 0.5) is 8.78 Å². The van der Waals surface area contributed by atoms with Crippen molar-refractivity contribution in [2.45, 2.75) is 51.1 Å². The summed E-state index contributed by atoms with van der Waals surface area (Å²) >= 11 is 0. The third-order valence-electron chi connectivity index (χ3n) is 2.64. The van der Waals surface area contributed by atoms with E-state index in [1.807, 2.05) is 0 Å². The molecule has 1 atom stereocenters. The number of ether oxygens (including phenoxy) is 1. The molecule has 0 aromatic heterocycles. The van der Waals surface area contributed by atoms with E-state index >= 15 is 0 Å². The second kappa shape index (κ2) is 6.13. The molecule has 0 amide bonds. The monoisotopic (exact) mass is 235 g/mol. The number of unbranched alkanes of at least 4 members (excludes halogenated alkanes) is 3. The fraction of sp³-hybridized carbons (Fsp3) is 0.909. The van der Waals surface area contributed by atoms with E-state index < -0.39 is 24.4 Å². The van der Waals surface area contributed by atoms with Crippen molar-refractivity contribution in [3.8, 4) is 0 Å². The van der Waals surface area contributed by atoms with Gasteiger partial charge in [0, 0.05) is 6.54 Å². The van der Waals surface area contributed by atoms with Crippen LogP contribution in [-0.2, 0) is 9.53 Å². The van der Waals surface area contributed by atoms with Crippen LogP contribution in [-0.4, -0.2) is 31.1 Å². The average Bonchev–Trinajstić information content (AvgIpc) is 2.47. The van der Waals surface area contributed by atoms with Gasteiger partial charge >= 0.3 is 11.9 Å². The topological polar surface area (TPSA) is 38.3 Å². The highest BCUT2D eigenvalue weighted by molar-refractivity contribution is 5.79. The molecule has 1 rings (SSSR count). The van der Waals surface area contributed by atoms with E-state index in [1.165, 1.54) is 12.8 Å². The van der Waals surface area contributed by atoms with Crippen LogP contribution in [0, 0.1) is 0 Å². The van der Waals surface area contributed by atoms with E-state index in [4.69, 9.17) is 0 Å². The molecule has 5 heteroatoms. The van der Waals surface area contributed by atoms with Crippen LogP contribution in [0.5, 0.6) is 0 Å². The van der Waals surface area contributed by atoms with Crippen LogP contribution >= 0.6 is 0 Å². The minimum absolute atomic E-state index is 0.327. The van der Waals surface area contributed by atoms with Crippen molar-refractivity contribution in [3.63, 3.8) is 0 Å². The van der Waals surface area contributed by atoms with Gasteiger partial charge in [0.25, 0.3) is 0 Å². The number of hydrogen-bond donors (Lipinski definition) is 1. The molecule has 3 nitrogen and oxygen atoms in total. The Morgan fingerprint density at radius 2 is 2.19 bits per heavy atom. The van der Waals surface area contributed by atoms with Crippen LogP contribution in [0.2, 0.25) is 0 Å². The second-order valence-electron chi connectivity index (χ2n) is 4.20. The van der Waals surface area contributed by atoms with Gasteiger partial charge in [-0.05, 0) is 13.0 Å². The fourth-order valence-electron chi connectivity index (χ4n) is 1.70. The van der Waals surface area contributed by atoms with E-state index in [0.717, 1.165) is 19.4 Å². The molecule has 1 saturated heterocycles. The van der Waals surface area contributed by atoms with Crippen molar-refractivity contribution in [2.24, 2.45) is 0 Å². The van der Waals surface area contributed by atoms with Crippen LogP contribution in [0.1, 0.15) is 39.0 Å². The number of alkyl halides is 2. The van der Waals surface area contributed by atoms with Crippen molar-refractivity contribution < 1.29 is 18.3 Å². The van der Waals surface area contributed by atoms with Crippen LogP contribution in [0.25, 0.3) is 0 Å². The molecule has 1 aliphatic rings. The van der Waals surface area contributed by atoms with Crippen molar-refractivity contribution in [1.82, 2.24) is 5.32 Å². The maximum absolute atomic E-state index is 12.8. The summed E-state index contributed by atoms with van der Waals surface area (Å²) in [4.78, 5) is 10.7. The molecule has 0 saturated carbocycles. The molecular formula is C11H19F2NO2. The maximum atomic E-state index is 12.8. The molecular weight excluding hydrogens is 216 g/mol. The largest absolute Gasteiger partial charge is 0.456 e. The number of nitrogens with one attached hydrogen (secondary N) is 1. The van der Waals surface area contributed by atoms with Gasteiger partial charge < -0.3 is 10.1 Å². The molecule has 0 aromatic rings. The van der Waals surface area contributed by atoms with Gasteiger partial charge in [0.1, 0.15) is 6.10 Å². The number of carbonyl (C=O) groups is 1. The first kappa shape index (κ1) is 13.4. The summed E-state index contributed by atoms with van der Waals surface area (Å²) < 4.78 is 30.1. The fourth-order valence-corrected chi connectivity index (χ4v) is 1.70. The summed E-state index contributed by atoms with van der Waals surface area (Å²) in [6.45, 7) is 3.25. The lowest BCUT2D eigenvalue weighted by Gasteiger charge is -2.09. The van der Waals surface area contributed by atoms with E-state index in [1.54, 1.807) is 0 Å². The predicted octanol–water partition coefficient (Wildman–Crippen LogP) is 2.11. The van der Waals surface area contributed by atoms with Gasteiger partial charge in [0.05, 0.1) is 6.42 Å². The van der Waals surface area contributed by atoms with E-state index in [9.17, 15) is 13.6 Å². The molecule has 0 bridgehead atoms. The lowest BCUT2D eigenvalue weighted by atomic mass is 10.2. The number of halogens is 2. The molecule has 1 fully saturated rings. The molecule has 0 radical (unpaired) electrons. The van der Waals surface area contributed by atoms with Crippen molar-refractivity contribution in [1.29, 1.82) is 0 Å². The Labute approximate surface area is 94.5 Å². The third kappa shape index (κ3) is 4.04. The van der Waals surface area contributed by atoms with Crippen molar-refractivity contribution in [3.05, 3.63) is 0 Å². The van der Waals surface area contributed by atoms with E-state index in [0.29, 0.717) is 6.54 Å². The van der Waals surface area contributed by atoms with Crippen molar-refractivity contribution >= 4 is 5.97 Å². The van der Waals surface area contributed by atoms with E-state index in [-0.39, 0.29) is 0 Å². The summed E-state index contributed by atoms with van der Waals surface area (Å²) in [6.07, 6.45) is 3.38. The Morgan fingerprint density at radius 3 is 2.75 bits per heavy atom.